The van der Waals surface area contributed by atoms with Crippen molar-refractivity contribution in [2.75, 3.05) is 27.2 Å². The van der Waals surface area contributed by atoms with Crippen LogP contribution < -0.4 is 11.1 Å². The lowest BCUT2D eigenvalue weighted by Crippen LogP contribution is -2.48. The van der Waals surface area contributed by atoms with Gasteiger partial charge in [0.1, 0.15) is 0 Å². The molecule has 1 aromatic carbocycles. The van der Waals surface area contributed by atoms with Crippen molar-refractivity contribution in [2.45, 2.75) is 19.4 Å². The number of amides is 1. The molecule has 0 aliphatic rings. The normalized spacial score (nSPS) is 10.9. The molecule has 3 N–H and O–H groups in total. The summed E-state index contributed by atoms with van der Waals surface area (Å²) in [5.74, 6) is 5.60. The molecule has 0 bridgehead atoms. The quantitative estimate of drug-likeness (QED) is 0.807. The molecule has 0 aliphatic heterocycles. The zero-order valence-electron chi connectivity index (χ0n) is 12.7. The monoisotopic (exact) mass is 273 g/mol. The van der Waals surface area contributed by atoms with E-state index < -0.39 is 0 Å². The van der Waals surface area contributed by atoms with E-state index in [0.717, 1.165) is 0 Å². The highest BCUT2D eigenvalue weighted by Crippen LogP contribution is 2.10. The molecule has 0 saturated carbocycles. The number of nitrogens with zero attached hydrogens (tertiary/aromatic N) is 1. The third-order valence-electron chi connectivity index (χ3n) is 3.39. The fourth-order valence-electron chi connectivity index (χ4n) is 1.49. The number of carbonyl (C=O) groups is 1. The number of benzene rings is 1. The number of hydrogen-bond donors (Lipinski definition) is 2. The molecule has 0 radical (unpaired) electrons. The molecule has 4 heteroatoms. The second kappa shape index (κ2) is 7.09. The van der Waals surface area contributed by atoms with Crippen LogP contribution in [0.1, 0.15) is 29.8 Å². The third kappa shape index (κ3) is 4.37. The van der Waals surface area contributed by atoms with E-state index in [1.54, 1.807) is 6.07 Å². The Labute approximate surface area is 121 Å². The van der Waals surface area contributed by atoms with Gasteiger partial charge in [0, 0.05) is 17.6 Å². The average molecular weight is 273 g/mol. The second-order valence-corrected chi connectivity index (χ2v) is 5.44. The first-order valence-electron chi connectivity index (χ1n) is 6.62. The maximum atomic E-state index is 12.3. The van der Waals surface area contributed by atoms with Gasteiger partial charge in [0.2, 0.25) is 0 Å². The summed E-state index contributed by atoms with van der Waals surface area (Å²) in [6, 6.07) is 7.30. The third-order valence-corrected chi connectivity index (χ3v) is 3.39. The molecule has 108 valence electrons. The average Bonchev–Trinajstić information content (AvgIpc) is 2.42. The van der Waals surface area contributed by atoms with Crippen LogP contribution in [0, 0.1) is 11.8 Å². The zero-order valence-corrected chi connectivity index (χ0v) is 12.7. The summed E-state index contributed by atoms with van der Waals surface area (Å²) in [4.78, 5) is 14.3. The lowest BCUT2D eigenvalue weighted by molar-refractivity contribution is 0.0919. The van der Waals surface area contributed by atoms with Gasteiger partial charge in [-0.1, -0.05) is 24.0 Å². The number of hydrogen-bond acceptors (Lipinski definition) is 3. The van der Waals surface area contributed by atoms with Crippen LogP contribution >= 0.6 is 0 Å². The van der Waals surface area contributed by atoms with E-state index >= 15 is 0 Å². The summed E-state index contributed by atoms with van der Waals surface area (Å²) in [5.41, 5.74) is 6.56. The van der Waals surface area contributed by atoms with Gasteiger partial charge in [-0.2, -0.15) is 0 Å². The predicted octanol–water partition coefficient (Wildman–Crippen LogP) is 1.07. The highest BCUT2D eigenvalue weighted by atomic mass is 16.1. The number of nitrogens with one attached hydrogen (secondary N) is 1. The summed E-state index contributed by atoms with van der Waals surface area (Å²) < 4.78 is 0. The number of likely N-dealkylation sites (N-methyl/N-ethyl adjacent to an activating group) is 1. The zero-order chi connectivity index (χ0) is 15.2. The van der Waals surface area contributed by atoms with E-state index in [2.05, 4.69) is 35.9 Å². The highest BCUT2D eigenvalue weighted by molar-refractivity contribution is 5.96. The van der Waals surface area contributed by atoms with Crippen molar-refractivity contribution in [3.8, 4) is 11.8 Å². The van der Waals surface area contributed by atoms with Crippen LogP contribution in [-0.2, 0) is 0 Å². The van der Waals surface area contributed by atoms with Crippen LogP contribution in [0.25, 0.3) is 0 Å². The van der Waals surface area contributed by atoms with Crippen molar-refractivity contribution in [3.63, 3.8) is 0 Å². The Morgan fingerprint density at radius 2 is 2.00 bits per heavy atom. The van der Waals surface area contributed by atoms with E-state index in [1.807, 2.05) is 32.3 Å². The van der Waals surface area contributed by atoms with E-state index in [-0.39, 0.29) is 18.0 Å². The van der Waals surface area contributed by atoms with Gasteiger partial charge < -0.3 is 16.0 Å². The maximum absolute atomic E-state index is 12.3. The number of carbonyl (C=O) groups excluding carboxylic acids is 1. The Morgan fingerprint density at radius 3 is 2.60 bits per heavy atom. The topological polar surface area (TPSA) is 58.4 Å². The second-order valence-electron chi connectivity index (χ2n) is 5.44. The molecule has 0 aliphatic carbocycles. The molecule has 1 rings (SSSR count). The minimum Gasteiger partial charge on any atom is -0.350 e. The van der Waals surface area contributed by atoms with Gasteiger partial charge in [-0.3, -0.25) is 4.79 Å². The van der Waals surface area contributed by atoms with Crippen molar-refractivity contribution < 1.29 is 4.79 Å². The minimum absolute atomic E-state index is 0.104. The van der Waals surface area contributed by atoms with E-state index in [0.29, 0.717) is 17.7 Å². The van der Waals surface area contributed by atoms with Crippen LogP contribution in [0.5, 0.6) is 0 Å². The minimum atomic E-state index is -0.109. The maximum Gasteiger partial charge on any atom is 0.252 e. The van der Waals surface area contributed by atoms with Crippen molar-refractivity contribution in [2.24, 2.45) is 5.73 Å². The predicted molar refractivity (Wildman–Crippen MR) is 82.5 cm³/mol. The highest BCUT2D eigenvalue weighted by Gasteiger charge is 2.21. The van der Waals surface area contributed by atoms with Crippen LogP contribution in [0.2, 0.25) is 0 Å². The number of rotatable bonds is 4. The molecule has 0 atom stereocenters. The smallest absolute Gasteiger partial charge is 0.252 e. The molecule has 1 amide bonds. The first kappa shape index (κ1) is 16.2. The Bertz CT molecular complexity index is 524. The number of nitrogens with two attached hydrogens (primary N) is 1. The molecule has 1 aromatic rings. The molecule has 4 nitrogen and oxygen atoms in total. The molecular formula is C16H23N3O. The Balaban J connectivity index is 2.83. The Kier molecular flexibility index (Phi) is 5.75. The summed E-state index contributed by atoms with van der Waals surface area (Å²) in [6.45, 7) is 5.00. The molecule has 0 fully saturated rings. The van der Waals surface area contributed by atoms with Crippen molar-refractivity contribution >= 4 is 5.91 Å². The van der Waals surface area contributed by atoms with Crippen molar-refractivity contribution in [3.05, 3.63) is 35.4 Å². The Hall–Kier alpha value is -1.83. The molecule has 0 spiro atoms. The molecule has 0 heterocycles. The summed E-state index contributed by atoms with van der Waals surface area (Å²) in [5, 5.41) is 2.96. The fourth-order valence-corrected chi connectivity index (χ4v) is 1.49. The first-order chi connectivity index (χ1) is 9.38. The lowest BCUT2D eigenvalue weighted by atomic mass is 10.0. The van der Waals surface area contributed by atoms with Crippen molar-refractivity contribution in [1.29, 1.82) is 0 Å². The van der Waals surface area contributed by atoms with Crippen molar-refractivity contribution in [1.82, 2.24) is 10.2 Å². The van der Waals surface area contributed by atoms with Gasteiger partial charge in [0.05, 0.1) is 12.1 Å². The van der Waals surface area contributed by atoms with Gasteiger partial charge in [-0.05, 0) is 40.1 Å². The van der Waals surface area contributed by atoms with Crippen LogP contribution in [-0.4, -0.2) is 43.5 Å². The van der Waals surface area contributed by atoms with E-state index in [4.69, 9.17) is 5.73 Å². The van der Waals surface area contributed by atoms with Gasteiger partial charge in [-0.25, -0.2) is 0 Å². The lowest BCUT2D eigenvalue weighted by Gasteiger charge is -2.32. The molecule has 20 heavy (non-hydrogen) atoms. The standard InChI is InChI=1S/C16H23N3O/c1-16(2,19(3)4)12-18-15(20)14-10-6-5-8-13(14)9-7-11-17/h5-6,8,10H,11-12,17H2,1-4H3,(H,18,20). The summed E-state index contributed by atoms with van der Waals surface area (Å²) >= 11 is 0. The molecular weight excluding hydrogens is 250 g/mol. The van der Waals surface area contributed by atoms with Crippen LogP contribution in [0.4, 0.5) is 0 Å². The summed E-state index contributed by atoms with van der Waals surface area (Å²) in [6.07, 6.45) is 0. The van der Waals surface area contributed by atoms with Crippen LogP contribution in [0.15, 0.2) is 24.3 Å². The molecule has 0 aromatic heterocycles. The van der Waals surface area contributed by atoms with Gasteiger partial charge in [0.25, 0.3) is 5.91 Å². The Morgan fingerprint density at radius 1 is 1.35 bits per heavy atom. The largest absolute Gasteiger partial charge is 0.350 e. The summed E-state index contributed by atoms with van der Waals surface area (Å²) in [7, 11) is 3.99. The fraction of sp³-hybridized carbons (Fsp3) is 0.438. The van der Waals surface area contributed by atoms with Gasteiger partial charge in [-0.15, -0.1) is 0 Å². The first-order valence-corrected chi connectivity index (χ1v) is 6.62. The van der Waals surface area contributed by atoms with E-state index in [9.17, 15) is 4.79 Å². The van der Waals surface area contributed by atoms with Crippen LogP contribution in [0.3, 0.4) is 0 Å². The van der Waals surface area contributed by atoms with Gasteiger partial charge in [0.15, 0.2) is 0 Å². The molecule has 0 unspecified atom stereocenters. The van der Waals surface area contributed by atoms with E-state index in [1.165, 1.54) is 0 Å². The van der Waals surface area contributed by atoms with Gasteiger partial charge >= 0.3 is 0 Å². The molecule has 0 saturated heterocycles. The SMILES string of the molecule is CN(C)C(C)(C)CNC(=O)c1ccccc1C#CCN.